The van der Waals surface area contributed by atoms with Crippen molar-refractivity contribution in [1.82, 2.24) is 39.8 Å². The Hall–Kier alpha value is -5.31. The number of pyridine rings is 1. The highest BCUT2D eigenvalue weighted by molar-refractivity contribution is 5.87. The highest BCUT2D eigenvalue weighted by atomic mass is 16.5. The van der Waals surface area contributed by atoms with Crippen molar-refractivity contribution in [2.75, 3.05) is 71.5 Å². The Kier molecular flexibility index (Phi) is 11.2. The van der Waals surface area contributed by atoms with E-state index in [0.29, 0.717) is 45.0 Å². The van der Waals surface area contributed by atoms with E-state index in [4.69, 9.17) is 14.2 Å². The van der Waals surface area contributed by atoms with Gasteiger partial charge in [0.15, 0.2) is 23.8 Å². The highest BCUT2D eigenvalue weighted by Crippen LogP contribution is 2.50. The maximum atomic E-state index is 14.1. The molecule has 286 valence electrons. The first kappa shape index (κ1) is 37.0. The van der Waals surface area contributed by atoms with Crippen LogP contribution < -0.4 is 19.7 Å². The number of fused-ring (bicyclic) bond motifs is 3. The van der Waals surface area contributed by atoms with Crippen molar-refractivity contribution in [3.05, 3.63) is 65.9 Å². The summed E-state index contributed by atoms with van der Waals surface area (Å²) in [5, 5.41) is 8.35. The lowest BCUT2D eigenvalue weighted by molar-refractivity contribution is -0.146. The second-order valence-corrected chi connectivity index (χ2v) is 14.3. The number of ether oxygens (including phenoxy) is 3. The average molecular weight is 740 g/mol. The Balaban J connectivity index is 0.998. The van der Waals surface area contributed by atoms with Crippen LogP contribution in [0.2, 0.25) is 0 Å². The molecular formula is C39H49N9O6. The quantitative estimate of drug-likeness (QED) is 0.168. The minimum Gasteiger partial charge on any atom is -0.493 e. The Labute approximate surface area is 315 Å². The van der Waals surface area contributed by atoms with Gasteiger partial charge in [-0.1, -0.05) is 6.07 Å². The Morgan fingerprint density at radius 2 is 1.74 bits per heavy atom. The zero-order valence-electron chi connectivity index (χ0n) is 31.3. The number of carbonyl (C=O) groups is 3. The molecule has 4 aromatic rings. The fourth-order valence-corrected chi connectivity index (χ4v) is 8.46. The number of anilines is 1. The summed E-state index contributed by atoms with van der Waals surface area (Å²) in [6.45, 7) is 6.28. The summed E-state index contributed by atoms with van der Waals surface area (Å²) >= 11 is 0. The smallest absolute Gasteiger partial charge is 0.303 e. The molecule has 15 heteroatoms. The SMILES string of the molecule is COc1cc2c(cc1OC)[C@]1(CC[C@H](C(=O)N3CCN(c4ncnc5c4cnn5Cc4ccccn4)CC3)CC1)N(CCCNC(=O)COC(C)=O)CC2. The molecule has 1 N–H and O–H groups in total. The van der Waals surface area contributed by atoms with Crippen LogP contribution in [0.15, 0.2) is 49.1 Å². The fraction of sp³-hybridized carbons (Fsp3) is 0.513. The van der Waals surface area contributed by atoms with E-state index < -0.39 is 5.97 Å². The van der Waals surface area contributed by atoms with E-state index in [1.807, 2.05) is 34.0 Å². The van der Waals surface area contributed by atoms with Gasteiger partial charge in [0, 0.05) is 70.4 Å². The Morgan fingerprint density at radius 1 is 0.963 bits per heavy atom. The van der Waals surface area contributed by atoms with Gasteiger partial charge in [0.2, 0.25) is 5.91 Å². The van der Waals surface area contributed by atoms with E-state index in [9.17, 15) is 14.4 Å². The number of rotatable bonds is 12. The zero-order valence-corrected chi connectivity index (χ0v) is 31.3. The number of amides is 2. The molecule has 7 rings (SSSR count). The van der Waals surface area contributed by atoms with Crippen LogP contribution in [0.1, 0.15) is 55.8 Å². The van der Waals surface area contributed by atoms with Crippen LogP contribution in [0.5, 0.6) is 11.5 Å². The molecule has 0 unspecified atom stereocenters. The number of nitrogens with zero attached hydrogens (tertiary/aromatic N) is 8. The summed E-state index contributed by atoms with van der Waals surface area (Å²) in [6.07, 6.45) is 10.0. The third kappa shape index (κ3) is 7.68. The van der Waals surface area contributed by atoms with Crippen molar-refractivity contribution >= 4 is 34.6 Å². The predicted octanol–water partition coefficient (Wildman–Crippen LogP) is 2.95. The lowest BCUT2D eigenvalue weighted by atomic mass is 9.68. The number of hydrogen-bond acceptors (Lipinski definition) is 12. The maximum Gasteiger partial charge on any atom is 0.303 e. The second-order valence-electron chi connectivity index (χ2n) is 14.3. The highest BCUT2D eigenvalue weighted by Gasteiger charge is 2.47. The number of carbonyl (C=O) groups excluding carboxylic acids is 3. The monoisotopic (exact) mass is 739 g/mol. The van der Waals surface area contributed by atoms with Crippen LogP contribution in [-0.4, -0.2) is 119 Å². The third-order valence-corrected chi connectivity index (χ3v) is 11.2. The summed E-state index contributed by atoms with van der Waals surface area (Å²) < 4.78 is 18.1. The average Bonchev–Trinajstić information content (AvgIpc) is 3.62. The number of esters is 1. The van der Waals surface area contributed by atoms with Crippen molar-refractivity contribution < 1.29 is 28.6 Å². The summed E-state index contributed by atoms with van der Waals surface area (Å²) in [4.78, 5) is 57.7. The molecule has 5 heterocycles. The van der Waals surface area contributed by atoms with E-state index in [1.54, 1.807) is 26.7 Å². The summed E-state index contributed by atoms with van der Waals surface area (Å²) in [5.74, 6) is 1.65. The number of hydrogen-bond donors (Lipinski definition) is 1. The number of nitrogens with one attached hydrogen (secondary N) is 1. The molecule has 1 spiro atoms. The maximum absolute atomic E-state index is 14.1. The molecule has 2 amide bonds. The van der Waals surface area contributed by atoms with Gasteiger partial charge >= 0.3 is 5.97 Å². The molecule has 1 aromatic carbocycles. The van der Waals surface area contributed by atoms with Gasteiger partial charge in [0.25, 0.3) is 5.91 Å². The van der Waals surface area contributed by atoms with Crippen molar-refractivity contribution in [2.45, 2.75) is 57.5 Å². The molecule has 15 nitrogen and oxygen atoms in total. The third-order valence-electron chi connectivity index (χ3n) is 11.2. The van der Waals surface area contributed by atoms with Crippen LogP contribution >= 0.6 is 0 Å². The van der Waals surface area contributed by atoms with E-state index in [1.165, 1.54) is 18.1 Å². The van der Waals surface area contributed by atoms with E-state index in [0.717, 1.165) is 79.9 Å². The molecule has 1 aliphatic carbocycles. The van der Waals surface area contributed by atoms with Gasteiger partial charge in [-0.05, 0) is 73.9 Å². The molecule has 0 radical (unpaired) electrons. The van der Waals surface area contributed by atoms with Crippen molar-refractivity contribution in [1.29, 1.82) is 0 Å². The van der Waals surface area contributed by atoms with Crippen molar-refractivity contribution in [2.24, 2.45) is 5.92 Å². The first-order valence-electron chi connectivity index (χ1n) is 18.8. The van der Waals surface area contributed by atoms with Gasteiger partial charge in [-0.25, -0.2) is 14.6 Å². The van der Waals surface area contributed by atoms with Crippen LogP contribution in [0.4, 0.5) is 5.82 Å². The van der Waals surface area contributed by atoms with Crippen molar-refractivity contribution in [3.63, 3.8) is 0 Å². The van der Waals surface area contributed by atoms with Crippen LogP contribution in [0, 0.1) is 5.92 Å². The molecular weight excluding hydrogens is 690 g/mol. The number of piperazine rings is 1. The first-order valence-corrected chi connectivity index (χ1v) is 18.8. The zero-order chi connectivity index (χ0) is 37.7. The fourth-order valence-electron chi connectivity index (χ4n) is 8.46. The molecule has 0 bridgehead atoms. The van der Waals surface area contributed by atoms with Crippen LogP contribution in [0.25, 0.3) is 11.0 Å². The largest absolute Gasteiger partial charge is 0.493 e. The topological polar surface area (TPSA) is 157 Å². The van der Waals surface area contributed by atoms with Crippen molar-refractivity contribution in [3.8, 4) is 11.5 Å². The Bertz CT molecular complexity index is 1950. The molecule has 1 saturated heterocycles. The minimum absolute atomic E-state index is 0.0503. The Morgan fingerprint density at radius 3 is 2.46 bits per heavy atom. The van der Waals surface area contributed by atoms with E-state index >= 15 is 0 Å². The summed E-state index contributed by atoms with van der Waals surface area (Å²) in [5.41, 5.74) is 3.90. The molecule has 3 aromatic heterocycles. The molecule has 54 heavy (non-hydrogen) atoms. The molecule has 3 aliphatic rings. The summed E-state index contributed by atoms with van der Waals surface area (Å²) in [6, 6.07) is 10.1. The number of methoxy groups -OCH3 is 2. The standard InChI is InChI=1S/C39H49N9O6/c1-27(49)54-25-35(50)41-14-6-15-47-16-10-29-21-33(52-2)34(53-3)22-32(29)39(47)11-8-28(9-12-39)38(51)46-19-17-45(18-20-46)36-31-23-44-48(37(31)43-26-42-36)24-30-7-4-5-13-40-30/h4-5,7,13,21-23,26,28H,6,8-12,14-20,24-25H2,1-3H3,(H,41,50)/t28-,39+. The van der Waals surface area contributed by atoms with Gasteiger partial charge in [-0.2, -0.15) is 5.10 Å². The minimum atomic E-state index is -0.479. The normalized spacial score (nSPS) is 20.1. The number of aromatic nitrogens is 5. The van der Waals surface area contributed by atoms with E-state index in [2.05, 4.69) is 47.3 Å². The lowest BCUT2D eigenvalue weighted by Crippen LogP contribution is -2.55. The first-order chi connectivity index (χ1) is 26.3. The van der Waals surface area contributed by atoms with Crippen LogP contribution in [0.3, 0.4) is 0 Å². The molecule has 0 atom stereocenters. The van der Waals surface area contributed by atoms with Gasteiger partial charge in [0.05, 0.1) is 38.0 Å². The second kappa shape index (κ2) is 16.4. The van der Waals surface area contributed by atoms with Gasteiger partial charge in [-0.3, -0.25) is 24.3 Å². The van der Waals surface area contributed by atoms with Gasteiger partial charge in [0.1, 0.15) is 12.1 Å². The summed E-state index contributed by atoms with van der Waals surface area (Å²) in [7, 11) is 3.32. The van der Waals surface area contributed by atoms with Gasteiger partial charge < -0.3 is 29.3 Å². The lowest BCUT2D eigenvalue weighted by Gasteiger charge is -2.52. The molecule has 1 saturated carbocycles. The van der Waals surface area contributed by atoms with Gasteiger partial charge in [-0.15, -0.1) is 0 Å². The molecule has 2 aliphatic heterocycles. The van der Waals surface area contributed by atoms with Crippen LogP contribution in [-0.2, 0) is 37.6 Å². The molecule has 2 fully saturated rings. The van der Waals surface area contributed by atoms with E-state index in [-0.39, 0.29) is 29.9 Å². The predicted molar refractivity (Wildman–Crippen MR) is 200 cm³/mol. The number of benzene rings is 1.